The van der Waals surface area contributed by atoms with Crippen molar-refractivity contribution in [3.05, 3.63) is 95.9 Å². The van der Waals surface area contributed by atoms with Crippen molar-refractivity contribution in [2.75, 3.05) is 10.2 Å². The number of amides is 1. The number of aromatic nitrogens is 1. The molecule has 0 unspecified atom stereocenters. The summed E-state index contributed by atoms with van der Waals surface area (Å²) in [4.78, 5) is 18.3. The number of rotatable bonds is 2. The molecule has 0 saturated heterocycles. The van der Waals surface area contributed by atoms with E-state index in [9.17, 15) is 9.18 Å². The van der Waals surface area contributed by atoms with E-state index in [0.29, 0.717) is 11.3 Å². The molecule has 1 aliphatic rings. The maximum atomic E-state index is 13.4. The van der Waals surface area contributed by atoms with Gasteiger partial charge in [0.15, 0.2) is 0 Å². The number of nitrogens with one attached hydrogen (secondary N) is 2. The topological polar surface area (TPSA) is 48.1 Å². The molecule has 0 radical (unpaired) electrons. The van der Waals surface area contributed by atoms with Crippen LogP contribution in [0.1, 0.15) is 22.1 Å². The molecule has 1 atom stereocenters. The predicted octanol–water partition coefficient (Wildman–Crippen LogP) is 5.08. The Labute approximate surface area is 155 Å². The Morgan fingerprint density at radius 3 is 2.48 bits per heavy atom. The molecule has 5 rings (SSSR count). The lowest BCUT2D eigenvalue weighted by Gasteiger charge is -2.38. The number of para-hydroxylation sites is 2. The van der Waals surface area contributed by atoms with E-state index in [1.54, 1.807) is 23.1 Å². The number of H-pyrrole nitrogens is 1. The fraction of sp³-hybridized carbons (Fsp3) is 0.0455. The third-order valence-electron chi connectivity index (χ3n) is 4.95. The fourth-order valence-corrected chi connectivity index (χ4v) is 3.66. The molecule has 4 aromatic rings. The van der Waals surface area contributed by atoms with Crippen molar-refractivity contribution >= 4 is 28.2 Å². The van der Waals surface area contributed by atoms with Crippen molar-refractivity contribution in [3.63, 3.8) is 0 Å². The van der Waals surface area contributed by atoms with Crippen molar-refractivity contribution in [2.45, 2.75) is 6.17 Å². The van der Waals surface area contributed by atoms with E-state index >= 15 is 0 Å². The Bertz CT molecular complexity index is 1150. The van der Waals surface area contributed by atoms with Gasteiger partial charge in [0.05, 0.1) is 5.56 Å². The molecule has 132 valence electrons. The first kappa shape index (κ1) is 15.6. The lowest BCUT2D eigenvalue weighted by atomic mass is 10.0. The number of benzene rings is 3. The number of nitrogens with zero attached hydrogens (tertiary/aromatic N) is 1. The highest BCUT2D eigenvalue weighted by Gasteiger charge is 2.35. The highest BCUT2D eigenvalue weighted by atomic mass is 19.1. The van der Waals surface area contributed by atoms with Gasteiger partial charge in [0.2, 0.25) is 0 Å². The lowest BCUT2D eigenvalue weighted by Crippen LogP contribution is -2.43. The number of aromatic amines is 1. The van der Waals surface area contributed by atoms with Crippen molar-refractivity contribution in [2.24, 2.45) is 0 Å². The SMILES string of the molecule is O=C1c2ccccc2N[C@@H](c2c[nH]c3ccccc23)N1c1ccc(F)cc1. The summed E-state index contributed by atoms with van der Waals surface area (Å²) < 4.78 is 13.4. The summed E-state index contributed by atoms with van der Waals surface area (Å²) in [5, 5.41) is 4.51. The third kappa shape index (κ3) is 2.47. The largest absolute Gasteiger partial charge is 0.361 e. The van der Waals surface area contributed by atoms with Crippen LogP contribution in [0.3, 0.4) is 0 Å². The number of carbonyl (C=O) groups is 1. The number of carbonyl (C=O) groups excluding carboxylic acids is 1. The molecule has 0 spiro atoms. The highest BCUT2D eigenvalue weighted by Crippen LogP contribution is 2.38. The summed E-state index contributed by atoms with van der Waals surface area (Å²) in [6, 6.07) is 21.4. The van der Waals surface area contributed by atoms with E-state index in [1.165, 1.54) is 12.1 Å². The van der Waals surface area contributed by atoms with E-state index in [2.05, 4.69) is 10.3 Å². The first-order chi connectivity index (χ1) is 13.2. The zero-order valence-electron chi connectivity index (χ0n) is 14.3. The molecule has 2 heterocycles. The Morgan fingerprint density at radius 2 is 1.63 bits per heavy atom. The molecular formula is C22H16FN3O. The molecule has 2 N–H and O–H groups in total. The molecule has 4 nitrogen and oxygen atoms in total. The minimum absolute atomic E-state index is 0.119. The second kappa shape index (κ2) is 5.99. The van der Waals surface area contributed by atoms with E-state index in [-0.39, 0.29) is 11.7 Å². The molecule has 1 amide bonds. The highest BCUT2D eigenvalue weighted by molar-refractivity contribution is 6.12. The van der Waals surface area contributed by atoms with Gasteiger partial charge >= 0.3 is 0 Å². The normalized spacial score (nSPS) is 16.3. The molecule has 0 fully saturated rings. The van der Waals surface area contributed by atoms with Crippen LogP contribution in [0.2, 0.25) is 0 Å². The van der Waals surface area contributed by atoms with Gasteiger partial charge in [-0.3, -0.25) is 9.69 Å². The number of hydrogen-bond donors (Lipinski definition) is 2. The van der Waals surface area contributed by atoms with E-state index in [1.807, 2.05) is 48.7 Å². The average Bonchev–Trinajstić information content (AvgIpc) is 3.13. The van der Waals surface area contributed by atoms with Crippen LogP contribution in [0.5, 0.6) is 0 Å². The van der Waals surface area contributed by atoms with Crippen LogP contribution in [0.15, 0.2) is 79.0 Å². The summed E-state index contributed by atoms with van der Waals surface area (Å²) in [7, 11) is 0. The Morgan fingerprint density at radius 1 is 0.889 bits per heavy atom. The molecule has 1 aliphatic heterocycles. The zero-order chi connectivity index (χ0) is 18.4. The van der Waals surface area contributed by atoms with E-state index < -0.39 is 6.17 Å². The Kier molecular flexibility index (Phi) is 3.47. The number of anilines is 2. The summed E-state index contributed by atoms with van der Waals surface area (Å²) in [6.07, 6.45) is 1.51. The van der Waals surface area contributed by atoms with Gasteiger partial charge in [0, 0.05) is 34.0 Å². The van der Waals surface area contributed by atoms with E-state index in [0.717, 1.165) is 22.2 Å². The van der Waals surface area contributed by atoms with Crippen LogP contribution in [0, 0.1) is 5.82 Å². The average molecular weight is 357 g/mol. The van der Waals surface area contributed by atoms with E-state index in [4.69, 9.17) is 0 Å². The maximum absolute atomic E-state index is 13.4. The second-order valence-electron chi connectivity index (χ2n) is 6.53. The minimum Gasteiger partial charge on any atom is -0.361 e. The minimum atomic E-state index is -0.408. The first-order valence-electron chi connectivity index (χ1n) is 8.73. The summed E-state index contributed by atoms with van der Waals surface area (Å²) in [5.41, 5.74) is 3.98. The maximum Gasteiger partial charge on any atom is 0.262 e. The van der Waals surface area contributed by atoms with Crippen LogP contribution < -0.4 is 10.2 Å². The van der Waals surface area contributed by atoms with Crippen molar-refractivity contribution < 1.29 is 9.18 Å². The van der Waals surface area contributed by atoms with Crippen LogP contribution >= 0.6 is 0 Å². The zero-order valence-corrected chi connectivity index (χ0v) is 14.3. The molecule has 1 aromatic heterocycles. The van der Waals surface area contributed by atoms with Gasteiger partial charge in [0.25, 0.3) is 5.91 Å². The van der Waals surface area contributed by atoms with Gasteiger partial charge in [-0.2, -0.15) is 0 Å². The smallest absolute Gasteiger partial charge is 0.262 e. The number of halogens is 1. The van der Waals surface area contributed by atoms with Gasteiger partial charge in [0.1, 0.15) is 12.0 Å². The first-order valence-corrected chi connectivity index (χ1v) is 8.73. The molecule has 0 saturated carbocycles. The van der Waals surface area contributed by atoms with Crippen molar-refractivity contribution in [1.29, 1.82) is 0 Å². The molecule has 0 bridgehead atoms. The van der Waals surface area contributed by atoms with Gasteiger partial charge in [-0.15, -0.1) is 0 Å². The van der Waals surface area contributed by atoms with Crippen LogP contribution in [-0.2, 0) is 0 Å². The monoisotopic (exact) mass is 357 g/mol. The number of hydrogen-bond acceptors (Lipinski definition) is 2. The third-order valence-corrected chi connectivity index (χ3v) is 4.95. The molecule has 5 heteroatoms. The lowest BCUT2D eigenvalue weighted by molar-refractivity contribution is 0.0975. The quantitative estimate of drug-likeness (QED) is 0.526. The number of fused-ring (bicyclic) bond motifs is 2. The standard InChI is InChI=1S/C22H16FN3O/c23-14-9-11-15(12-10-14)26-21(18-13-24-19-7-3-1-5-16(18)19)25-20-8-4-2-6-17(20)22(26)27/h1-13,21,24-25H/t21-/m1/s1. The van der Waals surface area contributed by atoms with Crippen molar-refractivity contribution in [3.8, 4) is 0 Å². The van der Waals surface area contributed by atoms with Crippen LogP contribution in [0.25, 0.3) is 10.9 Å². The van der Waals surface area contributed by atoms with Gasteiger partial charge < -0.3 is 10.3 Å². The molecule has 0 aliphatic carbocycles. The van der Waals surface area contributed by atoms with Gasteiger partial charge in [-0.25, -0.2) is 4.39 Å². The predicted molar refractivity (Wildman–Crippen MR) is 104 cm³/mol. The summed E-state index contributed by atoms with van der Waals surface area (Å²) in [5.74, 6) is -0.452. The molecule has 27 heavy (non-hydrogen) atoms. The fourth-order valence-electron chi connectivity index (χ4n) is 3.66. The molecular weight excluding hydrogens is 341 g/mol. The summed E-state index contributed by atoms with van der Waals surface area (Å²) in [6.45, 7) is 0. The Hall–Kier alpha value is -3.60. The van der Waals surface area contributed by atoms with Crippen LogP contribution in [-0.4, -0.2) is 10.9 Å². The van der Waals surface area contributed by atoms with Crippen molar-refractivity contribution in [1.82, 2.24) is 4.98 Å². The van der Waals surface area contributed by atoms with Gasteiger partial charge in [-0.1, -0.05) is 30.3 Å². The van der Waals surface area contributed by atoms with Gasteiger partial charge in [-0.05, 0) is 42.5 Å². The second-order valence-corrected chi connectivity index (χ2v) is 6.53. The van der Waals surface area contributed by atoms with Crippen LogP contribution in [0.4, 0.5) is 15.8 Å². The Balaban J connectivity index is 1.71. The molecule has 3 aromatic carbocycles. The summed E-state index contributed by atoms with van der Waals surface area (Å²) >= 11 is 0.